The van der Waals surface area contributed by atoms with Crippen LogP contribution in [-0.4, -0.2) is 21.9 Å². The van der Waals surface area contributed by atoms with Crippen LogP contribution in [0.4, 0.5) is 14.5 Å². The molecule has 0 unspecified atom stereocenters. The van der Waals surface area contributed by atoms with Crippen molar-refractivity contribution in [3.05, 3.63) is 48.3 Å². The molecular formula is C20H22F2N4O. The second-order valence-electron chi connectivity index (χ2n) is 6.93. The number of nitrogens with two attached hydrogens (primary N) is 1. The normalized spacial score (nSPS) is 12.7. The molecule has 0 spiro atoms. The number of benzene rings is 1. The highest BCUT2D eigenvalue weighted by Gasteiger charge is 2.19. The van der Waals surface area contributed by atoms with Crippen LogP contribution in [0.2, 0.25) is 0 Å². The monoisotopic (exact) mass is 372 g/mol. The van der Waals surface area contributed by atoms with Gasteiger partial charge in [0.05, 0.1) is 6.04 Å². The first-order valence-corrected chi connectivity index (χ1v) is 8.77. The lowest BCUT2D eigenvalue weighted by Crippen LogP contribution is -2.36. The maximum atomic E-state index is 13.7. The van der Waals surface area contributed by atoms with E-state index in [0.717, 1.165) is 5.39 Å². The van der Waals surface area contributed by atoms with E-state index in [1.807, 2.05) is 13.8 Å². The first-order chi connectivity index (χ1) is 12.9. The third-order valence-corrected chi connectivity index (χ3v) is 4.37. The third kappa shape index (κ3) is 4.14. The SMILES string of the molecule is CC(C)C[C@@H](N)C(=O)Nc1ccc(-c2ccnc3[nH]ccc23)c(C(F)F)c1. The zero-order chi connectivity index (χ0) is 19.6. The number of fused-ring (bicyclic) bond motifs is 1. The van der Waals surface area contributed by atoms with Gasteiger partial charge in [-0.25, -0.2) is 13.8 Å². The van der Waals surface area contributed by atoms with Crippen LogP contribution < -0.4 is 11.1 Å². The van der Waals surface area contributed by atoms with Gasteiger partial charge in [-0.1, -0.05) is 19.9 Å². The molecule has 0 fully saturated rings. The number of rotatable bonds is 6. The second kappa shape index (κ2) is 7.84. The molecule has 5 nitrogen and oxygen atoms in total. The van der Waals surface area contributed by atoms with Crippen LogP contribution >= 0.6 is 0 Å². The lowest BCUT2D eigenvalue weighted by molar-refractivity contribution is -0.117. The number of anilines is 1. The fourth-order valence-corrected chi connectivity index (χ4v) is 3.11. The maximum absolute atomic E-state index is 13.7. The molecule has 142 valence electrons. The summed E-state index contributed by atoms with van der Waals surface area (Å²) in [5.74, 6) is -0.117. The second-order valence-corrected chi connectivity index (χ2v) is 6.93. The predicted octanol–water partition coefficient (Wildman–Crippen LogP) is 4.48. The van der Waals surface area contributed by atoms with Gasteiger partial charge in [-0.15, -0.1) is 0 Å². The van der Waals surface area contributed by atoms with E-state index < -0.39 is 12.5 Å². The van der Waals surface area contributed by atoms with Crippen molar-refractivity contribution in [2.24, 2.45) is 11.7 Å². The van der Waals surface area contributed by atoms with Gasteiger partial charge < -0.3 is 16.0 Å². The molecule has 27 heavy (non-hydrogen) atoms. The number of nitrogens with one attached hydrogen (secondary N) is 2. The minimum absolute atomic E-state index is 0.154. The van der Waals surface area contributed by atoms with Gasteiger partial charge in [0, 0.05) is 29.0 Å². The largest absolute Gasteiger partial charge is 0.346 e. The quantitative estimate of drug-likeness (QED) is 0.596. The van der Waals surface area contributed by atoms with Crippen molar-refractivity contribution in [2.45, 2.75) is 32.7 Å². The van der Waals surface area contributed by atoms with Gasteiger partial charge >= 0.3 is 0 Å². The number of hydrogen-bond acceptors (Lipinski definition) is 3. The van der Waals surface area contributed by atoms with Crippen molar-refractivity contribution < 1.29 is 13.6 Å². The van der Waals surface area contributed by atoms with E-state index >= 15 is 0 Å². The molecule has 0 aliphatic carbocycles. The van der Waals surface area contributed by atoms with Crippen molar-refractivity contribution in [1.82, 2.24) is 9.97 Å². The Morgan fingerprint density at radius 1 is 1.22 bits per heavy atom. The molecule has 0 aliphatic heterocycles. The van der Waals surface area contributed by atoms with Crippen molar-refractivity contribution in [1.29, 1.82) is 0 Å². The zero-order valence-corrected chi connectivity index (χ0v) is 15.2. The minimum atomic E-state index is -2.69. The predicted molar refractivity (Wildman–Crippen MR) is 103 cm³/mol. The molecular weight excluding hydrogens is 350 g/mol. The molecule has 1 amide bonds. The van der Waals surface area contributed by atoms with Gasteiger partial charge in [0.2, 0.25) is 5.91 Å². The highest BCUT2D eigenvalue weighted by Crippen LogP contribution is 2.36. The summed E-state index contributed by atoms with van der Waals surface area (Å²) in [7, 11) is 0. The fraction of sp³-hybridized carbons (Fsp3) is 0.300. The first kappa shape index (κ1) is 19.0. The molecule has 3 aromatic rings. The Bertz CT molecular complexity index is 952. The van der Waals surface area contributed by atoms with Crippen molar-refractivity contribution >= 4 is 22.6 Å². The molecule has 1 atom stereocenters. The minimum Gasteiger partial charge on any atom is -0.346 e. The molecule has 0 radical (unpaired) electrons. The van der Waals surface area contributed by atoms with Crippen LogP contribution in [0.3, 0.4) is 0 Å². The maximum Gasteiger partial charge on any atom is 0.264 e. The van der Waals surface area contributed by atoms with Gasteiger partial charge in [0.15, 0.2) is 0 Å². The van der Waals surface area contributed by atoms with Crippen LogP contribution in [-0.2, 0) is 4.79 Å². The summed E-state index contributed by atoms with van der Waals surface area (Å²) >= 11 is 0. The van der Waals surface area contributed by atoms with Crippen LogP contribution in [0.5, 0.6) is 0 Å². The lowest BCUT2D eigenvalue weighted by Gasteiger charge is -2.16. The van der Waals surface area contributed by atoms with Gasteiger partial charge in [0.1, 0.15) is 5.65 Å². The Labute approximate surface area is 156 Å². The van der Waals surface area contributed by atoms with Crippen molar-refractivity contribution in [3.63, 3.8) is 0 Å². The number of pyridine rings is 1. The molecule has 3 rings (SSSR count). The van der Waals surface area contributed by atoms with Crippen LogP contribution in [0.15, 0.2) is 42.7 Å². The number of alkyl halides is 2. The van der Waals surface area contributed by atoms with Crippen LogP contribution in [0.25, 0.3) is 22.2 Å². The summed E-state index contributed by atoms with van der Waals surface area (Å²) in [6, 6.07) is 7.33. The third-order valence-electron chi connectivity index (χ3n) is 4.37. The van der Waals surface area contributed by atoms with E-state index in [1.165, 1.54) is 6.07 Å². The van der Waals surface area contributed by atoms with Gasteiger partial charge in [-0.05, 0) is 47.7 Å². The standard InChI is InChI=1S/C20H22F2N4O/c1-11(2)9-17(23)20(27)26-12-3-4-13(16(10-12)18(21)22)14-5-7-24-19-15(14)6-8-25-19/h3-8,10-11,17-18H,9,23H2,1-2H3,(H,24,25)(H,26,27)/t17-/m1/s1. The summed E-state index contributed by atoms with van der Waals surface area (Å²) in [5, 5.41) is 3.40. The number of carbonyl (C=O) groups excluding carboxylic acids is 1. The molecule has 2 heterocycles. The van der Waals surface area contributed by atoms with E-state index in [9.17, 15) is 13.6 Å². The van der Waals surface area contributed by atoms with E-state index in [0.29, 0.717) is 28.9 Å². The zero-order valence-electron chi connectivity index (χ0n) is 15.2. The Balaban J connectivity index is 1.94. The fourth-order valence-electron chi connectivity index (χ4n) is 3.11. The van der Waals surface area contributed by atoms with Gasteiger partial charge in [-0.3, -0.25) is 4.79 Å². The first-order valence-electron chi connectivity index (χ1n) is 8.77. The number of amides is 1. The Hall–Kier alpha value is -2.80. The lowest BCUT2D eigenvalue weighted by atomic mass is 9.97. The van der Waals surface area contributed by atoms with Crippen molar-refractivity contribution in [2.75, 3.05) is 5.32 Å². The van der Waals surface area contributed by atoms with Crippen LogP contribution in [0, 0.1) is 5.92 Å². The van der Waals surface area contributed by atoms with Crippen LogP contribution in [0.1, 0.15) is 32.3 Å². The molecule has 0 saturated heterocycles. The Morgan fingerprint density at radius 3 is 2.70 bits per heavy atom. The summed E-state index contributed by atoms with van der Waals surface area (Å²) in [6.45, 7) is 3.93. The van der Waals surface area contributed by atoms with E-state index in [2.05, 4.69) is 15.3 Å². The smallest absolute Gasteiger partial charge is 0.264 e. The van der Waals surface area contributed by atoms with E-state index in [-0.39, 0.29) is 17.4 Å². The number of aromatic nitrogens is 2. The number of hydrogen-bond donors (Lipinski definition) is 3. The molecule has 1 aromatic carbocycles. The average Bonchev–Trinajstić information content (AvgIpc) is 3.09. The number of carbonyl (C=O) groups is 1. The topological polar surface area (TPSA) is 83.8 Å². The molecule has 4 N–H and O–H groups in total. The Kier molecular flexibility index (Phi) is 5.51. The van der Waals surface area contributed by atoms with Crippen molar-refractivity contribution in [3.8, 4) is 11.1 Å². The molecule has 0 aliphatic rings. The number of halogens is 2. The Morgan fingerprint density at radius 2 is 2.00 bits per heavy atom. The molecule has 0 bridgehead atoms. The van der Waals surface area contributed by atoms with E-state index in [1.54, 1.807) is 36.7 Å². The highest BCUT2D eigenvalue weighted by atomic mass is 19.3. The summed E-state index contributed by atoms with van der Waals surface area (Å²) in [6.07, 6.45) is 1.12. The summed E-state index contributed by atoms with van der Waals surface area (Å²) in [5.41, 5.74) is 7.71. The molecule has 0 saturated carbocycles. The summed E-state index contributed by atoms with van der Waals surface area (Å²) in [4.78, 5) is 19.4. The highest BCUT2D eigenvalue weighted by molar-refractivity contribution is 5.97. The molecule has 7 heteroatoms. The number of aromatic amines is 1. The number of nitrogens with zero attached hydrogens (tertiary/aromatic N) is 1. The van der Waals surface area contributed by atoms with Gasteiger partial charge in [0.25, 0.3) is 6.43 Å². The molecule has 2 aromatic heterocycles. The average molecular weight is 372 g/mol. The summed E-state index contributed by atoms with van der Waals surface area (Å²) < 4.78 is 27.5. The number of H-pyrrole nitrogens is 1. The van der Waals surface area contributed by atoms with E-state index in [4.69, 9.17) is 5.73 Å². The van der Waals surface area contributed by atoms with Gasteiger partial charge in [-0.2, -0.15) is 0 Å².